The average Bonchev–Trinajstić information content (AvgIpc) is 2.61. The van der Waals surface area contributed by atoms with E-state index < -0.39 is 0 Å². The number of nitrogens with zero attached hydrogens (tertiary/aromatic N) is 4. The van der Waals surface area contributed by atoms with E-state index in [1.165, 1.54) is 0 Å². The Morgan fingerprint density at radius 3 is 2.52 bits per heavy atom. The number of hydrogen-bond acceptors (Lipinski definition) is 5. The van der Waals surface area contributed by atoms with Gasteiger partial charge in [-0.25, -0.2) is 4.98 Å². The molecule has 6 heteroatoms. The fraction of sp³-hybridized carbons (Fsp3) is 0.353. The SMILES string of the molecule is CN1CCN(c2ccc(C(=O)NCc3ccncc3)nc2)CC1. The molecular weight excluding hydrogens is 290 g/mol. The van der Waals surface area contributed by atoms with E-state index in [4.69, 9.17) is 0 Å². The van der Waals surface area contributed by atoms with Gasteiger partial charge in [-0.15, -0.1) is 0 Å². The summed E-state index contributed by atoms with van der Waals surface area (Å²) in [5.41, 5.74) is 2.53. The molecule has 1 fully saturated rings. The quantitative estimate of drug-likeness (QED) is 0.918. The molecule has 120 valence electrons. The van der Waals surface area contributed by atoms with Crippen molar-refractivity contribution in [3.05, 3.63) is 54.1 Å². The third-order valence-electron chi connectivity index (χ3n) is 4.05. The van der Waals surface area contributed by atoms with Crippen molar-refractivity contribution in [3.8, 4) is 0 Å². The van der Waals surface area contributed by atoms with Crippen molar-refractivity contribution in [1.82, 2.24) is 20.2 Å². The molecular formula is C17H21N5O. The van der Waals surface area contributed by atoms with Gasteiger partial charge in [-0.1, -0.05) is 0 Å². The van der Waals surface area contributed by atoms with Crippen LogP contribution in [-0.4, -0.2) is 54.0 Å². The van der Waals surface area contributed by atoms with Gasteiger partial charge in [-0.3, -0.25) is 9.78 Å². The second-order valence-corrected chi connectivity index (χ2v) is 5.73. The van der Waals surface area contributed by atoms with Gasteiger partial charge in [-0.05, 0) is 36.9 Å². The molecule has 2 aromatic heterocycles. The number of carbonyl (C=O) groups is 1. The lowest BCUT2D eigenvalue weighted by Gasteiger charge is -2.33. The molecule has 3 rings (SSSR count). The number of likely N-dealkylation sites (N-methyl/N-ethyl adjacent to an activating group) is 1. The number of hydrogen-bond donors (Lipinski definition) is 1. The number of anilines is 1. The molecule has 0 saturated carbocycles. The third-order valence-corrected chi connectivity index (χ3v) is 4.05. The fourth-order valence-electron chi connectivity index (χ4n) is 2.55. The van der Waals surface area contributed by atoms with Crippen molar-refractivity contribution in [2.45, 2.75) is 6.54 Å². The minimum absolute atomic E-state index is 0.160. The molecule has 1 aliphatic heterocycles. The summed E-state index contributed by atoms with van der Waals surface area (Å²) >= 11 is 0. The topological polar surface area (TPSA) is 61.4 Å². The van der Waals surface area contributed by atoms with Crippen molar-refractivity contribution in [3.63, 3.8) is 0 Å². The highest BCUT2D eigenvalue weighted by Crippen LogP contribution is 2.15. The summed E-state index contributed by atoms with van der Waals surface area (Å²) in [6, 6.07) is 7.52. The second-order valence-electron chi connectivity index (χ2n) is 5.73. The number of carbonyl (C=O) groups excluding carboxylic acids is 1. The molecule has 0 unspecified atom stereocenters. The van der Waals surface area contributed by atoms with E-state index in [1.54, 1.807) is 24.7 Å². The van der Waals surface area contributed by atoms with E-state index in [9.17, 15) is 4.79 Å². The lowest BCUT2D eigenvalue weighted by Crippen LogP contribution is -2.44. The minimum atomic E-state index is -0.160. The van der Waals surface area contributed by atoms with E-state index in [0.717, 1.165) is 37.4 Å². The van der Waals surface area contributed by atoms with Crippen molar-refractivity contribution in [2.75, 3.05) is 38.1 Å². The molecule has 0 aliphatic carbocycles. The molecule has 1 aliphatic rings. The smallest absolute Gasteiger partial charge is 0.270 e. The first-order valence-corrected chi connectivity index (χ1v) is 7.79. The van der Waals surface area contributed by atoms with Crippen molar-refractivity contribution in [1.29, 1.82) is 0 Å². The standard InChI is InChI=1S/C17H21N5O/c1-21-8-10-22(11-9-21)15-2-3-16(19-13-15)17(23)20-12-14-4-6-18-7-5-14/h2-7,13H,8-12H2,1H3,(H,20,23). The number of piperazine rings is 1. The van der Waals surface area contributed by atoms with Crippen LogP contribution in [0.3, 0.4) is 0 Å². The first-order valence-electron chi connectivity index (χ1n) is 7.79. The largest absolute Gasteiger partial charge is 0.368 e. The van der Waals surface area contributed by atoms with Crippen LogP contribution in [0.15, 0.2) is 42.9 Å². The van der Waals surface area contributed by atoms with Crippen LogP contribution in [-0.2, 0) is 6.54 Å². The van der Waals surface area contributed by atoms with Crippen LogP contribution in [0.4, 0.5) is 5.69 Å². The van der Waals surface area contributed by atoms with Crippen LogP contribution in [0.1, 0.15) is 16.1 Å². The normalized spacial score (nSPS) is 15.4. The van der Waals surface area contributed by atoms with Gasteiger partial charge in [0.15, 0.2) is 0 Å². The van der Waals surface area contributed by atoms with Gasteiger partial charge in [-0.2, -0.15) is 0 Å². The summed E-state index contributed by atoms with van der Waals surface area (Å²) in [4.78, 5) is 25.0. The highest BCUT2D eigenvalue weighted by molar-refractivity contribution is 5.92. The first kappa shape index (κ1) is 15.4. The number of amides is 1. The predicted molar refractivity (Wildman–Crippen MR) is 89.4 cm³/mol. The Hall–Kier alpha value is -2.47. The Balaban J connectivity index is 1.57. The maximum Gasteiger partial charge on any atom is 0.270 e. The Morgan fingerprint density at radius 2 is 1.87 bits per heavy atom. The molecule has 0 radical (unpaired) electrons. The highest BCUT2D eigenvalue weighted by Gasteiger charge is 2.15. The maximum absolute atomic E-state index is 12.1. The van der Waals surface area contributed by atoms with Crippen LogP contribution in [0.5, 0.6) is 0 Å². The molecule has 0 atom stereocenters. The van der Waals surface area contributed by atoms with Crippen LogP contribution in [0.2, 0.25) is 0 Å². The van der Waals surface area contributed by atoms with E-state index in [1.807, 2.05) is 18.2 Å². The number of pyridine rings is 2. The monoisotopic (exact) mass is 311 g/mol. The average molecular weight is 311 g/mol. The summed E-state index contributed by atoms with van der Waals surface area (Å²) in [7, 11) is 2.13. The fourth-order valence-corrected chi connectivity index (χ4v) is 2.55. The Bertz CT molecular complexity index is 636. The molecule has 0 aromatic carbocycles. The van der Waals surface area contributed by atoms with Crippen LogP contribution in [0, 0.1) is 0 Å². The maximum atomic E-state index is 12.1. The van der Waals surface area contributed by atoms with Gasteiger partial charge in [0.25, 0.3) is 5.91 Å². The van der Waals surface area contributed by atoms with E-state index in [0.29, 0.717) is 12.2 Å². The van der Waals surface area contributed by atoms with Crippen LogP contribution >= 0.6 is 0 Å². The second kappa shape index (κ2) is 7.19. The van der Waals surface area contributed by atoms with E-state index >= 15 is 0 Å². The molecule has 2 aromatic rings. The van der Waals surface area contributed by atoms with Crippen LogP contribution < -0.4 is 10.2 Å². The van der Waals surface area contributed by atoms with Crippen molar-refractivity contribution in [2.24, 2.45) is 0 Å². The molecule has 1 saturated heterocycles. The Kier molecular flexibility index (Phi) is 4.83. The van der Waals surface area contributed by atoms with Crippen molar-refractivity contribution >= 4 is 11.6 Å². The molecule has 3 heterocycles. The van der Waals surface area contributed by atoms with Gasteiger partial charge in [0.2, 0.25) is 0 Å². The Labute approximate surface area is 136 Å². The van der Waals surface area contributed by atoms with Gasteiger partial charge >= 0.3 is 0 Å². The van der Waals surface area contributed by atoms with Gasteiger partial charge in [0.05, 0.1) is 11.9 Å². The summed E-state index contributed by atoms with van der Waals surface area (Å²) < 4.78 is 0. The van der Waals surface area contributed by atoms with E-state index in [-0.39, 0.29) is 5.91 Å². The van der Waals surface area contributed by atoms with Crippen LogP contribution in [0.25, 0.3) is 0 Å². The molecule has 6 nitrogen and oxygen atoms in total. The summed E-state index contributed by atoms with van der Waals surface area (Å²) in [6.07, 6.45) is 5.21. The first-order chi connectivity index (χ1) is 11.2. The van der Waals surface area contributed by atoms with Crippen molar-refractivity contribution < 1.29 is 4.79 Å². The summed E-state index contributed by atoms with van der Waals surface area (Å²) in [5, 5.41) is 2.87. The molecule has 1 N–H and O–H groups in total. The predicted octanol–water partition coefficient (Wildman–Crippen LogP) is 1.16. The summed E-state index contributed by atoms with van der Waals surface area (Å²) in [6.45, 7) is 4.56. The zero-order valence-corrected chi connectivity index (χ0v) is 13.3. The van der Waals surface area contributed by atoms with Gasteiger partial charge in [0.1, 0.15) is 5.69 Å². The zero-order valence-electron chi connectivity index (χ0n) is 13.3. The minimum Gasteiger partial charge on any atom is -0.368 e. The molecule has 0 bridgehead atoms. The number of aromatic nitrogens is 2. The van der Waals surface area contributed by atoms with Gasteiger partial charge in [0, 0.05) is 45.1 Å². The third kappa shape index (κ3) is 4.04. The van der Waals surface area contributed by atoms with E-state index in [2.05, 4.69) is 32.1 Å². The Morgan fingerprint density at radius 1 is 1.13 bits per heavy atom. The summed E-state index contributed by atoms with van der Waals surface area (Å²) in [5.74, 6) is -0.160. The lowest BCUT2D eigenvalue weighted by molar-refractivity contribution is 0.0946. The van der Waals surface area contributed by atoms with Gasteiger partial charge < -0.3 is 15.1 Å². The molecule has 1 amide bonds. The lowest BCUT2D eigenvalue weighted by atomic mass is 10.2. The zero-order chi connectivity index (χ0) is 16.1. The highest BCUT2D eigenvalue weighted by atomic mass is 16.1. The number of rotatable bonds is 4. The molecule has 23 heavy (non-hydrogen) atoms. The molecule has 0 spiro atoms. The number of nitrogens with one attached hydrogen (secondary N) is 1.